The highest BCUT2D eigenvalue weighted by molar-refractivity contribution is 5.85. The van der Waals surface area contributed by atoms with Crippen LogP contribution in [0.2, 0.25) is 0 Å². The summed E-state index contributed by atoms with van der Waals surface area (Å²) in [5, 5.41) is 3.24. The van der Waals surface area contributed by atoms with Gasteiger partial charge in [-0.15, -0.1) is 0 Å². The molecule has 20 heavy (non-hydrogen) atoms. The normalized spacial score (nSPS) is 35.0. The van der Waals surface area contributed by atoms with Crippen molar-refractivity contribution in [3.05, 3.63) is 0 Å². The molecule has 2 fully saturated rings. The number of likely N-dealkylation sites (tertiary alicyclic amines) is 1. The predicted molar refractivity (Wildman–Crippen MR) is 82.3 cm³/mol. The molecule has 0 aromatic carbocycles. The van der Waals surface area contributed by atoms with Crippen molar-refractivity contribution in [1.29, 1.82) is 0 Å². The molecular weight excluding hydrogens is 250 g/mol. The van der Waals surface area contributed by atoms with E-state index in [9.17, 15) is 4.79 Å². The number of carbonyl (C=O) groups excluding carboxylic acids is 1. The monoisotopic (exact) mass is 281 g/mol. The zero-order chi connectivity index (χ0) is 14.8. The van der Waals surface area contributed by atoms with Crippen LogP contribution >= 0.6 is 0 Å². The van der Waals surface area contributed by atoms with Crippen molar-refractivity contribution >= 4 is 5.91 Å². The Morgan fingerprint density at radius 2 is 2.20 bits per heavy atom. The molecule has 1 heterocycles. The molecule has 4 heteroatoms. The van der Waals surface area contributed by atoms with E-state index in [0.29, 0.717) is 5.92 Å². The molecule has 4 nitrogen and oxygen atoms in total. The number of rotatable bonds is 6. The molecule has 3 unspecified atom stereocenters. The Morgan fingerprint density at radius 1 is 1.45 bits per heavy atom. The summed E-state index contributed by atoms with van der Waals surface area (Å²) in [6.45, 7) is 8.21. The van der Waals surface area contributed by atoms with Gasteiger partial charge in [-0.1, -0.05) is 20.3 Å². The molecular formula is C16H31N3O. The Morgan fingerprint density at radius 3 is 2.75 bits per heavy atom. The lowest BCUT2D eigenvalue weighted by Gasteiger charge is -2.33. The van der Waals surface area contributed by atoms with Gasteiger partial charge in [0.1, 0.15) is 5.54 Å². The van der Waals surface area contributed by atoms with Crippen LogP contribution < -0.4 is 11.1 Å². The van der Waals surface area contributed by atoms with Crippen LogP contribution in [0.25, 0.3) is 0 Å². The number of nitrogens with zero attached hydrogens (tertiary/aromatic N) is 1. The van der Waals surface area contributed by atoms with E-state index in [0.717, 1.165) is 44.1 Å². The van der Waals surface area contributed by atoms with Gasteiger partial charge in [0.2, 0.25) is 5.91 Å². The van der Waals surface area contributed by atoms with E-state index in [1.54, 1.807) is 0 Å². The standard InChI is InChI=1S/C16H31N3O/c1-12(2)13-6-9-19(11-13)10-7-14-5-4-8-16(14,18-3)15(17)20/h12-14,18H,4-11H2,1-3H3,(H2,17,20). The average molecular weight is 281 g/mol. The van der Waals surface area contributed by atoms with Gasteiger partial charge in [-0.25, -0.2) is 0 Å². The number of carbonyl (C=O) groups is 1. The van der Waals surface area contributed by atoms with Gasteiger partial charge in [0.15, 0.2) is 0 Å². The van der Waals surface area contributed by atoms with Gasteiger partial charge in [0, 0.05) is 6.54 Å². The Labute approximate surface area is 123 Å². The largest absolute Gasteiger partial charge is 0.368 e. The summed E-state index contributed by atoms with van der Waals surface area (Å²) in [6, 6.07) is 0. The van der Waals surface area contributed by atoms with Gasteiger partial charge in [0.05, 0.1) is 0 Å². The number of likely N-dealkylation sites (N-methyl/N-ethyl adjacent to an activating group) is 1. The minimum absolute atomic E-state index is 0.163. The number of amides is 1. The highest BCUT2D eigenvalue weighted by Crippen LogP contribution is 2.38. The number of nitrogens with two attached hydrogens (primary N) is 1. The topological polar surface area (TPSA) is 58.4 Å². The van der Waals surface area contributed by atoms with E-state index in [1.807, 2.05) is 7.05 Å². The molecule has 3 atom stereocenters. The zero-order valence-corrected chi connectivity index (χ0v) is 13.3. The molecule has 0 spiro atoms. The first-order valence-corrected chi connectivity index (χ1v) is 8.20. The van der Waals surface area contributed by atoms with Crippen LogP contribution in [0.3, 0.4) is 0 Å². The fraction of sp³-hybridized carbons (Fsp3) is 0.938. The van der Waals surface area contributed by atoms with Crippen LogP contribution in [0, 0.1) is 17.8 Å². The van der Waals surface area contributed by atoms with E-state index in [1.165, 1.54) is 19.5 Å². The summed E-state index contributed by atoms with van der Waals surface area (Å²) in [6.07, 6.45) is 5.57. The minimum Gasteiger partial charge on any atom is -0.368 e. The van der Waals surface area contributed by atoms with Crippen molar-refractivity contribution in [3.8, 4) is 0 Å². The molecule has 0 radical (unpaired) electrons. The van der Waals surface area contributed by atoms with Crippen LogP contribution in [0.1, 0.15) is 46.0 Å². The van der Waals surface area contributed by atoms with Crippen molar-refractivity contribution < 1.29 is 4.79 Å². The Hall–Kier alpha value is -0.610. The fourth-order valence-electron chi connectivity index (χ4n) is 4.19. The second-order valence-electron chi connectivity index (χ2n) is 7.06. The van der Waals surface area contributed by atoms with Crippen LogP contribution in [-0.2, 0) is 4.79 Å². The molecule has 1 saturated heterocycles. The van der Waals surface area contributed by atoms with Crippen molar-refractivity contribution in [1.82, 2.24) is 10.2 Å². The maximum Gasteiger partial charge on any atom is 0.238 e. The Balaban J connectivity index is 1.86. The van der Waals surface area contributed by atoms with Gasteiger partial charge >= 0.3 is 0 Å². The summed E-state index contributed by atoms with van der Waals surface area (Å²) in [4.78, 5) is 14.4. The first kappa shape index (κ1) is 15.8. The quantitative estimate of drug-likeness (QED) is 0.777. The van der Waals surface area contributed by atoms with Crippen molar-refractivity contribution in [2.45, 2.75) is 51.5 Å². The highest BCUT2D eigenvalue weighted by Gasteiger charge is 2.46. The molecule has 3 N–H and O–H groups in total. The third-order valence-corrected chi connectivity index (χ3v) is 5.75. The van der Waals surface area contributed by atoms with E-state index >= 15 is 0 Å². The molecule has 1 aliphatic carbocycles. The predicted octanol–water partition coefficient (Wildman–Crippen LogP) is 1.60. The molecule has 1 amide bonds. The SMILES string of the molecule is CNC1(C(N)=O)CCCC1CCN1CCC(C(C)C)C1. The third kappa shape index (κ3) is 3.01. The highest BCUT2D eigenvalue weighted by atomic mass is 16.1. The summed E-state index contributed by atoms with van der Waals surface area (Å²) in [5.74, 6) is 1.88. The molecule has 2 aliphatic rings. The van der Waals surface area contributed by atoms with Crippen LogP contribution in [0.5, 0.6) is 0 Å². The summed E-state index contributed by atoms with van der Waals surface area (Å²) in [5.41, 5.74) is 5.22. The summed E-state index contributed by atoms with van der Waals surface area (Å²) in [7, 11) is 1.88. The van der Waals surface area contributed by atoms with E-state index in [2.05, 4.69) is 24.1 Å². The van der Waals surface area contributed by atoms with Crippen molar-refractivity contribution in [2.75, 3.05) is 26.7 Å². The van der Waals surface area contributed by atoms with Crippen molar-refractivity contribution in [2.24, 2.45) is 23.5 Å². The fourth-order valence-corrected chi connectivity index (χ4v) is 4.19. The maximum atomic E-state index is 11.8. The number of primary amides is 1. The first-order chi connectivity index (χ1) is 9.49. The van der Waals surface area contributed by atoms with E-state index < -0.39 is 5.54 Å². The molecule has 1 aliphatic heterocycles. The van der Waals surface area contributed by atoms with Crippen molar-refractivity contribution in [3.63, 3.8) is 0 Å². The third-order valence-electron chi connectivity index (χ3n) is 5.75. The second-order valence-corrected chi connectivity index (χ2v) is 7.06. The summed E-state index contributed by atoms with van der Waals surface area (Å²) < 4.78 is 0. The molecule has 116 valence electrons. The van der Waals surface area contributed by atoms with Gasteiger partial charge in [-0.05, 0) is 63.6 Å². The van der Waals surface area contributed by atoms with Gasteiger partial charge < -0.3 is 16.0 Å². The second kappa shape index (κ2) is 6.44. The maximum absolute atomic E-state index is 11.8. The Bertz CT molecular complexity index is 345. The lowest BCUT2D eigenvalue weighted by atomic mass is 9.84. The van der Waals surface area contributed by atoms with Crippen LogP contribution in [0.15, 0.2) is 0 Å². The molecule has 0 bridgehead atoms. The zero-order valence-electron chi connectivity index (χ0n) is 13.3. The molecule has 0 aromatic rings. The minimum atomic E-state index is -0.447. The van der Waals surface area contributed by atoms with Gasteiger partial charge in [0.25, 0.3) is 0 Å². The molecule has 0 aromatic heterocycles. The number of nitrogens with one attached hydrogen (secondary N) is 1. The van der Waals surface area contributed by atoms with Crippen LogP contribution in [0.4, 0.5) is 0 Å². The lowest BCUT2D eigenvalue weighted by Crippen LogP contribution is -2.56. The molecule has 2 rings (SSSR count). The lowest BCUT2D eigenvalue weighted by molar-refractivity contribution is -0.125. The number of hydrogen-bond acceptors (Lipinski definition) is 3. The van der Waals surface area contributed by atoms with E-state index in [4.69, 9.17) is 5.73 Å². The summed E-state index contributed by atoms with van der Waals surface area (Å²) >= 11 is 0. The van der Waals surface area contributed by atoms with Crippen LogP contribution in [-0.4, -0.2) is 43.0 Å². The van der Waals surface area contributed by atoms with Gasteiger partial charge in [-0.3, -0.25) is 4.79 Å². The van der Waals surface area contributed by atoms with Gasteiger partial charge in [-0.2, -0.15) is 0 Å². The molecule has 1 saturated carbocycles. The smallest absolute Gasteiger partial charge is 0.238 e. The Kier molecular flexibility index (Phi) is 5.08. The number of hydrogen-bond donors (Lipinski definition) is 2. The first-order valence-electron chi connectivity index (χ1n) is 8.20. The van der Waals surface area contributed by atoms with E-state index in [-0.39, 0.29) is 5.91 Å². The average Bonchev–Trinajstić information content (AvgIpc) is 3.03.